The quantitative estimate of drug-likeness (QED) is 0.833. The summed E-state index contributed by atoms with van der Waals surface area (Å²) in [5.74, 6) is 0.559. The van der Waals surface area contributed by atoms with Crippen molar-refractivity contribution in [1.29, 1.82) is 0 Å². The molecule has 2 aromatic carbocycles. The lowest BCUT2D eigenvalue weighted by molar-refractivity contribution is 0.0407. The van der Waals surface area contributed by atoms with Crippen LogP contribution in [-0.4, -0.2) is 59.6 Å². The molecule has 1 saturated carbocycles. The number of piperazine rings is 1. The second kappa shape index (κ2) is 8.41. The third kappa shape index (κ3) is 4.42. The van der Waals surface area contributed by atoms with Gasteiger partial charge in [-0.15, -0.1) is 0 Å². The van der Waals surface area contributed by atoms with Crippen LogP contribution in [0.1, 0.15) is 29.6 Å². The Balaban J connectivity index is 1.47. The summed E-state index contributed by atoms with van der Waals surface area (Å²) in [6.07, 6.45) is 3.31. The summed E-state index contributed by atoms with van der Waals surface area (Å²) in [5, 5.41) is 9.45. The van der Waals surface area contributed by atoms with Crippen molar-refractivity contribution in [3.8, 4) is 11.1 Å². The number of carbonyl (C=O) groups is 1. The van der Waals surface area contributed by atoms with E-state index >= 15 is 0 Å². The summed E-state index contributed by atoms with van der Waals surface area (Å²) < 4.78 is 13.2. The third-order valence-electron chi connectivity index (χ3n) is 5.83. The third-order valence-corrected chi connectivity index (χ3v) is 5.83. The van der Waals surface area contributed by atoms with Crippen molar-refractivity contribution < 1.29 is 14.3 Å². The summed E-state index contributed by atoms with van der Waals surface area (Å²) in [6, 6.07) is 14.1. The summed E-state index contributed by atoms with van der Waals surface area (Å²) in [4.78, 5) is 17.5. The molecule has 2 aliphatic rings. The van der Waals surface area contributed by atoms with E-state index in [9.17, 15) is 14.3 Å². The molecule has 1 heterocycles. The topological polar surface area (TPSA) is 43.8 Å². The molecule has 5 heteroatoms. The lowest BCUT2D eigenvalue weighted by Crippen LogP contribution is -2.55. The molecule has 2 fully saturated rings. The van der Waals surface area contributed by atoms with E-state index in [1.165, 1.54) is 25.0 Å². The van der Waals surface area contributed by atoms with E-state index in [4.69, 9.17) is 0 Å². The molecule has 4 rings (SSSR count). The molecule has 1 atom stereocenters. The zero-order chi connectivity index (χ0) is 19.5. The number of hydrogen-bond donors (Lipinski definition) is 1. The Morgan fingerprint density at radius 3 is 2.57 bits per heavy atom. The van der Waals surface area contributed by atoms with Crippen LogP contribution in [0.25, 0.3) is 11.1 Å². The number of carbonyl (C=O) groups excluding carboxylic acids is 1. The number of amides is 1. The van der Waals surface area contributed by atoms with Gasteiger partial charge in [0.1, 0.15) is 5.82 Å². The molecule has 1 unspecified atom stereocenters. The first-order valence-corrected chi connectivity index (χ1v) is 10.1. The Morgan fingerprint density at radius 1 is 1.07 bits per heavy atom. The van der Waals surface area contributed by atoms with E-state index in [1.807, 2.05) is 29.2 Å². The Hall–Kier alpha value is -2.24. The van der Waals surface area contributed by atoms with Crippen LogP contribution in [0.15, 0.2) is 48.5 Å². The lowest BCUT2D eigenvalue weighted by Gasteiger charge is -2.41. The molecule has 1 N–H and O–H groups in total. The van der Waals surface area contributed by atoms with E-state index in [-0.39, 0.29) is 24.4 Å². The normalized spacial score (nSPS) is 20.4. The second-order valence-electron chi connectivity index (χ2n) is 7.94. The molecule has 1 aliphatic heterocycles. The number of benzene rings is 2. The molecule has 4 nitrogen and oxygen atoms in total. The van der Waals surface area contributed by atoms with Gasteiger partial charge in [-0.3, -0.25) is 9.69 Å². The van der Waals surface area contributed by atoms with Crippen molar-refractivity contribution >= 4 is 5.91 Å². The number of hydrogen-bond acceptors (Lipinski definition) is 3. The number of halogens is 1. The van der Waals surface area contributed by atoms with Crippen molar-refractivity contribution in [2.45, 2.75) is 25.3 Å². The van der Waals surface area contributed by atoms with Crippen molar-refractivity contribution in [2.24, 2.45) is 5.92 Å². The highest BCUT2D eigenvalue weighted by Gasteiger charge is 2.33. The smallest absolute Gasteiger partial charge is 0.253 e. The van der Waals surface area contributed by atoms with E-state index in [0.717, 1.165) is 30.1 Å². The summed E-state index contributed by atoms with van der Waals surface area (Å²) in [5.41, 5.74) is 2.45. The van der Waals surface area contributed by atoms with Gasteiger partial charge in [0.25, 0.3) is 5.91 Å². The molecule has 0 spiro atoms. The molecule has 148 valence electrons. The average molecular weight is 382 g/mol. The lowest BCUT2D eigenvalue weighted by atomic mass is 10.0. The highest BCUT2D eigenvalue weighted by Crippen LogP contribution is 2.31. The van der Waals surface area contributed by atoms with Gasteiger partial charge >= 0.3 is 0 Å². The minimum absolute atomic E-state index is 0.0259. The Labute approximate surface area is 165 Å². The molecular weight excluding hydrogens is 355 g/mol. The monoisotopic (exact) mass is 382 g/mol. The van der Waals surface area contributed by atoms with E-state index in [1.54, 1.807) is 12.1 Å². The first-order chi connectivity index (χ1) is 13.6. The van der Waals surface area contributed by atoms with Crippen molar-refractivity contribution in [1.82, 2.24) is 9.80 Å². The van der Waals surface area contributed by atoms with Crippen LogP contribution in [0.3, 0.4) is 0 Å². The summed E-state index contributed by atoms with van der Waals surface area (Å²) in [6.45, 7) is 3.48. The first-order valence-electron chi connectivity index (χ1n) is 10.1. The van der Waals surface area contributed by atoms with E-state index in [2.05, 4.69) is 4.90 Å². The Kier molecular flexibility index (Phi) is 5.74. The van der Waals surface area contributed by atoms with Crippen LogP contribution in [0.2, 0.25) is 0 Å². The molecule has 1 saturated heterocycles. The van der Waals surface area contributed by atoms with Gasteiger partial charge in [-0.1, -0.05) is 24.3 Å². The highest BCUT2D eigenvalue weighted by atomic mass is 19.1. The molecule has 0 radical (unpaired) electrons. The van der Waals surface area contributed by atoms with Crippen LogP contribution >= 0.6 is 0 Å². The summed E-state index contributed by atoms with van der Waals surface area (Å²) >= 11 is 0. The molecular formula is C23H27FN2O2. The van der Waals surface area contributed by atoms with Crippen LogP contribution < -0.4 is 0 Å². The zero-order valence-electron chi connectivity index (χ0n) is 16.1. The molecule has 0 bridgehead atoms. The number of rotatable bonds is 6. The minimum Gasteiger partial charge on any atom is -0.396 e. The minimum atomic E-state index is -0.269. The fourth-order valence-electron chi connectivity index (χ4n) is 4.03. The highest BCUT2D eigenvalue weighted by molar-refractivity contribution is 5.95. The van der Waals surface area contributed by atoms with Gasteiger partial charge in [0, 0.05) is 44.4 Å². The number of aliphatic hydroxyl groups excluding tert-OH is 1. The van der Waals surface area contributed by atoms with Gasteiger partial charge < -0.3 is 10.0 Å². The van der Waals surface area contributed by atoms with E-state index < -0.39 is 0 Å². The van der Waals surface area contributed by atoms with Crippen molar-refractivity contribution in [3.05, 3.63) is 59.9 Å². The van der Waals surface area contributed by atoms with E-state index in [0.29, 0.717) is 25.1 Å². The number of nitrogens with zero attached hydrogens (tertiary/aromatic N) is 2. The maximum atomic E-state index is 13.2. The zero-order valence-corrected chi connectivity index (χ0v) is 16.1. The predicted octanol–water partition coefficient (Wildman–Crippen LogP) is 3.41. The first kappa shape index (κ1) is 19.1. The number of aliphatic hydroxyl groups is 1. The van der Waals surface area contributed by atoms with Crippen LogP contribution in [0, 0.1) is 11.7 Å². The predicted molar refractivity (Wildman–Crippen MR) is 108 cm³/mol. The molecule has 1 aliphatic carbocycles. The van der Waals surface area contributed by atoms with Crippen LogP contribution in [0.4, 0.5) is 4.39 Å². The molecule has 0 aromatic heterocycles. The van der Waals surface area contributed by atoms with Gasteiger partial charge in [-0.05, 0) is 60.6 Å². The summed E-state index contributed by atoms with van der Waals surface area (Å²) in [7, 11) is 0. The van der Waals surface area contributed by atoms with Gasteiger partial charge in [-0.25, -0.2) is 4.39 Å². The largest absolute Gasteiger partial charge is 0.396 e. The van der Waals surface area contributed by atoms with Gasteiger partial charge in [-0.2, -0.15) is 0 Å². The molecule has 2 aromatic rings. The maximum absolute atomic E-state index is 13.2. The van der Waals surface area contributed by atoms with Gasteiger partial charge in [0.15, 0.2) is 0 Å². The maximum Gasteiger partial charge on any atom is 0.253 e. The van der Waals surface area contributed by atoms with Gasteiger partial charge in [0.2, 0.25) is 0 Å². The van der Waals surface area contributed by atoms with Crippen molar-refractivity contribution in [3.63, 3.8) is 0 Å². The average Bonchev–Trinajstić information content (AvgIpc) is 3.54. The van der Waals surface area contributed by atoms with Crippen LogP contribution in [-0.2, 0) is 0 Å². The fraction of sp³-hybridized carbons (Fsp3) is 0.435. The van der Waals surface area contributed by atoms with Crippen molar-refractivity contribution in [2.75, 3.05) is 32.8 Å². The Bertz CT molecular complexity index is 820. The second-order valence-corrected chi connectivity index (χ2v) is 7.94. The SMILES string of the molecule is O=C(c1cccc(-c2ccc(F)cc2)c1)N1CCN(CC2CC2)C(CCO)C1. The van der Waals surface area contributed by atoms with Gasteiger partial charge in [0.05, 0.1) is 0 Å². The van der Waals surface area contributed by atoms with Crippen LogP contribution in [0.5, 0.6) is 0 Å². The fourth-order valence-corrected chi connectivity index (χ4v) is 4.03. The molecule has 28 heavy (non-hydrogen) atoms. The molecule has 1 amide bonds. The Morgan fingerprint density at radius 2 is 1.86 bits per heavy atom. The standard InChI is InChI=1S/C23H27FN2O2/c24-21-8-6-18(7-9-21)19-2-1-3-20(14-19)23(28)26-12-11-25(15-17-4-5-17)22(16-26)10-13-27/h1-3,6-9,14,17,22,27H,4-5,10-13,15-16H2.